The van der Waals surface area contributed by atoms with Gasteiger partial charge >= 0.3 is 0 Å². The molecule has 100 valence electrons. The molecule has 0 spiro atoms. The van der Waals surface area contributed by atoms with Gasteiger partial charge < -0.3 is 5.73 Å². The average Bonchev–Trinajstić information content (AvgIpc) is 2.35. The van der Waals surface area contributed by atoms with Crippen molar-refractivity contribution >= 4 is 31.5 Å². The highest BCUT2D eigenvalue weighted by Crippen LogP contribution is 2.23. The van der Waals surface area contributed by atoms with Gasteiger partial charge in [-0.15, -0.1) is 0 Å². The first-order chi connectivity index (χ1) is 8.90. The standard InChI is InChI=1S/C13H11BrFNO2S/c14-10-4-2-5-11(7-10)19(17,18)8-9-3-1-6-12(16)13(9)15/h1-7H,8,16H2. The van der Waals surface area contributed by atoms with Crippen molar-refractivity contribution in [1.82, 2.24) is 0 Å². The SMILES string of the molecule is Nc1cccc(CS(=O)(=O)c2cccc(Br)c2)c1F. The molecule has 6 heteroatoms. The van der Waals surface area contributed by atoms with Gasteiger partial charge in [-0.05, 0) is 24.3 Å². The highest BCUT2D eigenvalue weighted by Gasteiger charge is 2.18. The number of nitrogen functional groups attached to an aromatic ring is 1. The molecule has 0 aliphatic rings. The summed E-state index contributed by atoms with van der Waals surface area (Å²) < 4.78 is 38.8. The van der Waals surface area contributed by atoms with E-state index in [0.717, 1.165) is 0 Å². The van der Waals surface area contributed by atoms with Gasteiger partial charge in [0.15, 0.2) is 9.84 Å². The molecule has 19 heavy (non-hydrogen) atoms. The molecule has 0 saturated carbocycles. The lowest BCUT2D eigenvalue weighted by atomic mass is 10.2. The molecule has 0 amide bonds. The minimum absolute atomic E-state index is 0.0538. The van der Waals surface area contributed by atoms with E-state index < -0.39 is 21.4 Å². The molecule has 2 aromatic carbocycles. The lowest BCUT2D eigenvalue weighted by Crippen LogP contribution is -2.07. The minimum atomic E-state index is -3.60. The Hall–Kier alpha value is -1.40. The molecule has 3 nitrogen and oxygen atoms in total. The molecule has 2 rings (SSSR count). The van der Waals surface area contributed by atoms with E-state index >= 15 is 0 Å². The molecular formula is C13H11BrFNO2S. The van der Waals surface area contributed by atoms with Crippen LogP contribution in [0.25, 0.3) is 0 Å². The van der Waals surface area contributed by atoms with Gasteiger partial charge in [-0.2, -0.15) is 0 Å². The zero-order valence-corrected chi connectivity index (χ0v) is 12.2. The van der Waals surface area contributed by atoms with Crippen molar-refractivity contribution in [1.29, 1.82) is 0 Å². The van der Waals surface area contributed by atoms with E-state index in [-0.39, 0.29) is 16.1 Å². The Morgan fingerprint density at radius 3 is 2.53 bits per heavy atom. The Bertz CT molecular complexity index is 716. The van der Waals surface area contributed by atoms with Gasteiger partial charge in [0.25, 0.3) is 0 Å². The van der Waals surface area contributed by atoms with Gasteiger partial charge in [0.2, 0.25) is 0 Å². The first-order valence-electron chi connectivity index (χ1n) is 5.41. The van der Waals surface area contributed by atoms with Crippen LogP contribution in [-0.4, -0.2) is 8.42 Å². The van der Waals surface area contributed by atoms with E-state index in [1.807, 2.05) is 0 Å². The van der Waals surface area contributed by atoms with Crippen LogP contribution in [0, 0.1) is 5.82 Å². The Kier molecular flexibility index (Phi) is 3.91. The van der Waals surface area contributed by atoms with Crippen molar-refractivity contribution in [3.8, 4) is 0 Å². The summed E-state index contributed by atoms with van der Waals surface area (Å²) in [6, 6.07) is 10.6. The van der Waals surface area contributed by atoms with Crippen molar-refractivity contribution < 1.29 is 12.8 Å². The Morgan fingerprint density at radius 1 is 1.16 bits per heavy atom. The molecule has 2 aromatic rings. The summed E-state index contributed by atoms with van der Waals surface area (Å²) in [5, 5.41) is 0. The molecule has 0 radical (unpaired) electrons. The quantitative estimate of drug-likeness (QED) is 0.871. The lowest BCUT2D eigenvalue weighted by molar-refractivity contribution is 0.588. The Morgan fingerprint density at radius 2 is 1.84 bits per heavy atom. The number of hydrogen-bond donors (Lipinski definition) is 1. The molecule has 0 heterocycles. The van der Waals surface area contributed by atoms with Crippen LogP contribution in [-0.2, 0) is 15.6 Å². The summed E-state index contributed by atoms with van der Waals surface area (Å²) in [7, 11) is -3.60. The molecule has 0 aliphatic carbocycles. The largest absolute Gasteiger partial charge is 0.396 e. The number of anilines is 1. The Balaban J connectivity index is 2.39. The van der Waals surface area contributed by atoms with Gasteiger partial charge in [-0.3, -0.25) is 0 Å². The topological polar surface area (TPSA) is 60.2 Å². The molecule has 0 aliphatic heterocycles. The first kappa shape index (κ1) is 14.0. The fraction of sp³-hybridized carbons (Fsp3) is 0.0769. The maximum atomic E-state index is 13.7. The number of sulfone groups is 1. The molecule has 2 N–H and O–H groups in total. The molecule has 0 saturated heterocycles. The van der Waals surface area contributed by atoms with Crippen LogP contribution in [0.15, 0.2) is 51.8 Å². The third kappa shape index (κ3) is 3.13. The number of rotatable bonds is 3. The number of hydrogen-bond acceptors (Lipinski definition) is 3. The second-order valence-corrected chi connectivity index (χ2v) is 6.94. The summed E-state index contributed by atoms with van der Waals surface area (Å²) in [4.78, 5) is 0.142. The summed E-state index contributed by atoms with van der Waals surface area (Å²) in [5.41, 5.74) is 5.44. The molecule has 0 unspecified atom stereocenters. The fourth-order valence-electron chi connectivity index (χ4n) is 1.66. The highest BCUT2D eigenvalue weighted by molar-refractivity contribution is 9.10. The van der Waals surface area contributed by atoms with Crippen molar-refractivity contribution in [2.24, 2.45) is 0 Å². The summed E-state index contributed by atoms with van der Waals surface area (Å²) in [6.07, 6.45) is 0. The smallest absolute Gasteiger partial charge is 0.182 e. The fourth-order valence-corrected chi connectivity index (χ4v) is 3.60. The van der Waals surface area contributed by atoms with Crippen LogP contribution in [0.2, 0.25) is 0 Å². The van der Waals surface area contributed by atoms with Crippen LogP contribution in [0.1, 0.15) is 5.56 Å². The second-order valence-electron chi connectivity index (χ2n) is 4.04. The monoisotopic (exact) mass is 343 g/mol. The Labute approximate surface area is 119 Å². The normalized spacial score (nSPS) is 11.5. The second kappa shape index (κ2) is 5.30. The maximum absolute atomic E-state index is 13.7. The van der Waals surface area contributed by atoms with Crippen molar-refractivity contribution in [2.45, 2.75) is 10.6 Å². The van der Waals surface area contributed by atoms with Gasteiger partial charge in [0.05, 0.1) is 16.3 Å². The van der Waals surface area contributed by atoms with Crippen LogP contribution in [0.3, 0.4) is 0 Å². The average molecular weight is 344 g/mol. The maximum Gasteiger partial charge on any atom is 0.182 e. The van der Waals surface area contributed by atoms with E-state index in [1.165, 1.54) is 30.3 Å². The van der Waals surface area contributed by atoms with E-state index in [1.54, 1.807) is 12.1 Å². The minimum Gasteiger partial charge on any atom is -0.396 e. The van der Waals surface area contributed by atoms with Gasteiger partial charge in [0, 0.05) is 10.0 Å². The lowest BCUT2D eigenvalue weighted by Gasteiger charge is -2.07. The van der Waals surface area contributed by atoms with E-state index in [4.69, 9.17) is 5.73 Å². The van der Waals surface area contributed by atoms with Gasteiger partial charge in [0.1, 0.15) is 5.82 Å². The number of benzene rings is 2. The van der Waals surface area contributed by atoms with Crippen molar-refractivity contribution in [2.75, 3.05) is 5.73 Å². The summed E-state index contributed by atoms with van der Waals surface area (Å²) in [6.45, 7) is 0. The first-order valence-corrected chi connectivity index (χ1v) is 7.86. The highest BCUT2D eigenvalue weighted by atomic mass is 79.9. The van der Waals surface area contributed by atoms with Crippen molar-refractivity contribution in [3.63, 3.8) is 0 Å². The van der Waals surface area contributed by atoms with Gasteiger partial charge in [-0.1, -0.05) is 34.1 Å². The van der Waals surface area contributed by atoms with E-state index in [0.29, 0.717) is 4.47 Å². The predicted molar refractivity (Wildman–Crippen MR) is 75.8 cm³/mol. The molecule has 0 atom stereocenters. The number of halogens is 2. The van der Waals surface area contributed by atoms with Crippen LogP contribution in [0.4, 0.5) is 10.1 Å². The van der Waals surface area contributed by atoms with Crippen LogP contribution in [0.5, 0.6) is 0 Å². The molecule has 0 bridgehead atoms. The zero-order valence-electron chi connectivity index (χ0n) is 9.81. The molecule has 0 aromatic heterocycles. The third-order valence-corrected chi connectivity index (χ3v) is 4.77. The van der Waals surface area contributed by atoms with Crippen molar-refractivity contribution in [3.05, 3.63) is 58.3 Å². The summed E-state index contributed by atoms with van der Waals surface area (Å²) >= 11 is 3.21. The van der Waals surface area contributed by atoms with Crippen LogP contribution < -0.4 is 5.73 Å². The molecular weight excluding hydrogens is 333 g/mol. The molecule has 0 fully saturated rings. The van der Waals surface area contributed by atoms with E-state index in [2.05, 4.69) is 15.9 Å². The van der Waals surface area contributed by atoms with Crippen LogP contribution >= 0.6 is 15.9 Å². The van der Waals surface area contributed by atoms with Gasteiger partial charge in [-0.25, -0.2) is 12.8 Å². The third-order valence-electron chi connectivity index (χ3n) is 2.61. The zero-order chi connectivity index (χ0) is 14.0. The van der Waals surface area contributed by atoms with E-state index in [9.17, 15) is 12.8 Å². The number of nitrogens with two attached hydrogens (primary N) is 1. The predicted octanol–water partition coefficient (Wildman–Crippen LogP) is 3.14. The summed E-state index contributed by atoms with van der Waals surface area (Å²) in [5.74, 6) is -1.10.